The van der Waals surface area contributed by atoms with Crippen molar-refractivity contribution in [2.75, 3.05) is 5.32 Å². The summed E-state index contributed by atoms with van der Waals surface area (Å²) < 4.78 is 24.6. The molecule has 150 valence electrons. The van der Waals surface area contributed by atoms with Crippen molar-refractivity contribution >= 4 is 11.9 Å². The smallest absolute Gasteiger partial charge is 0.315 e. The zero-order valence-electron chi connectivity index (χ0n) is 15.5. The summed E-state index contributed by atoms with van der Waals surface area (Å²) in [5.74, 6) is -0.271. The molecule has 1 aromatic carbocycles. The molecule has 0 saturated heterocycles. The minimum atomic E-state index is -0.559. The number of pyridine rings is 1. The van der Waals surface area contributed by atoms with Crippen LogP contribution in [0.5, 0.6) is 5.88 Å². The lowest BCUT2D eigenvalue weighted by atomic mass is 9.93. The Morgan fingerprint density at radius 1 is 1.14 bits per heavy atom. The van der Waals surface area contributed by atoms with Crippen LogP contribution < -0.4 is 15.8 Å². The lowest BCUT2D eigenvalue weighted by Gasteiger charge is -2.28. The standard InChI is InChI=1S/C20H20FN5O3/c21-13-5-3-12(4-6-13)18-25-26-20(29-18)24-14-7-9-15(10-8-14)28-19-16(17(22)27)2-1-11-23-19/h1-6,11,14-15H,7-10H2,(H2,22,27)(H,24,26). The van der Waals surface area contributed by atoms with E-state index in [9.17, 15) is 9.18 Å². The molecule has 9 heteroatoms. The van der Waals surface area contributed by atoms with Crippen molar-refractivity contribution < 1.29 is 18.3 Å². The summed E-state index contributed by atoms with van der Waals surface area (Å²) in [5, 5.41) is 11.2. The Balaban J connectivity index is 1.32. The van der Waals surface area contributed by atoms with Crippen LogP contribution in [0, 0.1) is 5.82 Å². The van der Waals surface area contributed by atoms with E-state index in [0.29, 0.717) is 17.5 Å². The highest BCUT2D eigenvalue weighted by atomic mass is 19.1. The second kappa shape index (κ2) is 8.26. The second-order valence-corrected chi connectivity index (χ2v) is 6.88. The van der Waals surface area contributed by atoms with Crippen molar-refractivity contribution in [1.82, 2.24) is 15.2 Å². The molecule has 29 heavy (non-hydrogen) atoms. The van der Waals surface area contributed by atoms with Crippen molar-refractivity contribution in [2.24, 2.45) is 5.73 Å². The number of carbonyl (C=O) groups excluding carboxylic acids is 1. The minimum Gasteiger partial charge on any atom is -0.474 e. The van der Waals surface area contributed by atoms with E-state index >= 15 is 0 Å². The SMILES string of the molecule is NC(=O)c1cccnc1OC1CCC(Nc2nnc(-c3ccc(F)cc3)o2)CC1. The number of rotatable bonds is 6. The number of ether oxygens (including phenoxy) is 1. The molecule has 3 aromatic rings. The first kappa shape index (κ1) is 18.9. The Kier molecular flexibility index (Phi) is 5.37. The predicted octanol–water partition coefficient (Wildman–Crippen LogP) is 3.17. The van der Waals surface area contributed by atoms with Gasteiger partial charge in [0.25, 0.3) is 5.91 Å². The van der Waals surface area contributed by atoms with E-state index in [1.165, 1.54) is 12.1 Å². The highest BCUT2D eigenvalue weighted by molar-refractivity contribution is 5.94. The van der Waals surface area contributed by atoms with Gasteiger partial charge in [0.1, 0.15) is 17.5 Å². The van der Waals surface area contributed by atoms with E-state index in [0.717, 1.165) is 25.7 Å². The maximum Gasteiger partial charge on any atom is 0.315 e. The molecule has 1 fully saturated rings. The average molecular weight is 397 g/mol. The first-order valence-electron chi connectivity index (χ1n) is 9.36. The number of nitrogens with two attached hydrogens (primary N) is 1. The third-order valence-corrected chi connectivity index (χ3v) is 4.83. The van der Waals surface area contributed by atoms with Gasteiger partial charge in [0, 0.05) is 17.8 Å². The largest absolute Gasteiger partial charge is 0.474 e. The molecule has 0 atom stereocenters. The highest BCUT2D eigenvalue weighted by Gasteiger charge is 2.25. The molecule has 0 spiro atoms. The summed E-state index contributed by atoms with van der Waals surface area (Å²) in [7, 11) is 0. The van der Waals surface area contributed by atoms with Crippen LogP contribution in [0.2, 0.25) is 0 Å². The molecule has 0 aliphatic heterocycles. The van der Waals surface area contributed by atoms with Gasteiger partial charge in [0.05, 0.1) is 0 Å². The second-order valence-electron chi connectivity index (χ2n) is 6.88. The number of carbonyl (C=O) groups is 1. The Morgan fingerprint density at radius 2 is 1.90 bits per heavy atom. The van der Waals surface area contributed by atoms with Gasteiger partial charge in [0.2, 0.25) is 11.8 Å². The van der Waals surface area contributed by atoms with Gasteiger partial charge >= 0.3 is 6.01 Å². The number of hydrogen-bond donors (Lipinski definition) is 2. The van der Waals surface area contributed by atoms with Gasteiger partial charge in [-0.05, 0) is 62.1 Å². The zero-order valence-corrected chi connectivity index (χ0v) is 15.5. The van der Waals surface area contributed by atoms with Gasteiger partial charge in [-0.1, -0.05) is 5.10 Å². The van der Waals surface area contributed by atoms with Crippen LogP contribution in [-0.4, -0.2) is 33.2 Å². The quantitative estimate of drug-likeness (QED) is 0.656. The Hall–Kier alpha value is -3.49. The molecule has 1 amide bonds. The molecule has 1 aliphatic carbocycles. The first-order valence-corrected chi connectivity index (χ1v) is 9.36. The molecular weight excluding hydrogens is 377 g/mol. The molecular formula is C20H20FN5O3. The zero-order chi connectivity index (χ0) is 20.2. The summed E-state index contributed by atoms with van der Waals surface area (Å²) in [6, 6.07) is 9.62. The molecule has 1 saturated carbocycles. The van der Waals surface area contributed by atoms with Crippen molar-refractivity contribution in [3.8, 4) is 17.3 Å². The van der Waals surface area contributed by atoms with Gasteiger partial charge in [0.15, 0.2) is 0 Å². The topological polar surface area (TPSA) is 116 Å². The number of aromatic nitrogens is 3. The van der Waals surface area contributed by atoms with Gasteiger partial charge in [-0.15, -0.1) is 5.10 Å². The number of anilines is 1. The van der Waals surface area contributed by atoms with Gasteiger partial charge < -0.3 is 20.2 Å². The molecule has 8 nitrogen and oxygen atoms in total. The van der Waals surface area contributed by atoms with E-state index in [4.69, 9.17) is 14.9 Å². The van der Waals surface area contributed by atoms with Crippen LogP contribution in [-0.2, 0) is 0 Å². The van der Waals surface area contributed by atoms with E-state index in [1.807, 2.05) is 0 Å². The molecule has 3 N–H and O–H groups in total. The third-order valence-electron chi connectivity index (χ3n) is 4.83. The monoisotopic (exact) mass is 397 g/mol. The van der Waals surface area contributed by atoms with E-state index in [1.54, 1.807) is 30.5 Å². The normalized spacial score (nSPS) is 18.9. The summed E-state index contributed by atoms with van der Waals surface area (Å²) in [4.78, 5) is 15.6. The number of halogens is 1. The fourth-order valence-corrected chi connectivity index (χ4v) is 3.32. The Morgan fingerprint density at radius 3 is 2.62 bits per heavy atom. The lowest BCUT2D eigenvalue weighted by molar-refractivity contribution is 0.0983. The molecule has 4 rings (SSSR count). The van der Waals surface area contributed by atoms with Crippen molar-refractivity contribution in [2.45, 2.75) is 37.8 Å². The van der Waals surface area contributed by atoms with Crippen LogP contribution in [0.25, 0.3) is 11.5 Å². The minimum absolute atomic E-state index is 0.0430. The van der Waals surface area contributed by atoms with E-state index < -0.39 is 5.91 Å². The fraction of sp³-hybridized carbons (Fsp3) is 0.300. The van der Waals surface area contributed by atoms with Gasteiger partial charge in [-0.2, -0.15) is 0 Å². The van der Waals surface area contributed by atoms with Crippen LogP contribution in [0.3, 0.4) is 0 Å². The van der Waals surface area contributed by atoms with Crippen molar-refractivity contribution in [3.05, 3.63) is 54.0 Å². The number of nitrogens with zero attached hydrogens (tertiary/aromatic N) is 3. The Labute approximate surface area is 166 Å². The summed E-state index contributed by atoms with van der Waals surface area (Å²) >= 11 is 0. The highest BCUT2D eigenvalue weighted by Crippen LogP contribution is 2.27. The maximum atomic E-state index is 13.0. The number of primary amides is 1. The molecule has 0 radical (unpaired) electrons. The van der Waals surface area contributed by atoms with Crippen LogP contribution in [0.15, 0.2) is 47.0 Å². The average Bonchev–Trinajstić information content (AvgIpc) is 3.19. The van der Waals surface area contributed by atoms with Crippen molar-refractivity contribution in [3.63, 3.8) is 0 Å². The number of hydrogen-bond acceptors (Lipinski definition) is 7. The van der Waals surface area contributed by atoms with Crippen LogP contribution in [0.1, 0.15) is 36.0 Å². The number of amides is 1. The number of nitrogens with one attached hydrogen (secondary N) is 1. The summed E-state index contributed by atoms with van der Waals surface area (Å²) in [5.41, 5.74) is 6.31. The molecule has 0 unspecified atom stereocenters. The van der Waals surface area contributed by atoms with Crippen LogP contribution >= 0.6 is 0 Å². The summed E-state index contributed by atoms with van der Waals surface area (Å²) in [6.07, 6.45) is 4.76. The molecule has 2 aromatic heterocycles. The van der Waals surface area contributed by atoms with Crippen molar-refractivity contribution in [1.29, 1.82) is 0 Å². The maximum absolute atomic E-state index is 13.0. The Bertz CT molecular complexity index is 984. The number of benzene rings is 1. The first-order chi connectivity index (χ1) is 14.1. The molecule has 1 aliphatic rings. The third kappa shape index (κ3) is 4.50. The molecule has 2 heterocycles. The predicted molar refractivity (Wildman–Crippen MR) is 103 cm³/mol. The fourth-order valence-electron chi connectivity index (χ4n) is 3.32. The lowest BCUT2D eigenvalue weighted by Crippen LogP contribution is -2.32. The van der Waals surface area contributed by atoms with E-state index in [2.05, 4.69) is 20.5 Å². The van der Waals surface area contributed by atoms with Gasteiger partial charge in [-0.3, -0.25) is 4.79 Å². The molecule has 0 bridgehead atoms. The van der Waals surface area contributed by atoms with Gasteiger partial charge in [-0.25, -0.2) is 9.37 Å². The van der Waals surface area contributed by atoms with Crippen LogP contribution in [0.4, 0.5) is 10.4 Å². The van der Waals surface area contributed by atoms with E-state index in [-0.39, 0.29) is 29.4 Å². The summed E-state index contributed by atoms with van der Waals surface area (Å²) in [6.45, 7) is 0.